The highest BCUT2D eigenvalue weighted by Crippen LogP contribution is 2.35. The molecule has 0 aliphatic carbocycles. The van der Waals surface area contributed by atoms with Gasteiger partial charge in [0.25, 0.3) is 5.91 Å². The Kier molecular flexibility index (Phi) is 6.05. The van der Waals surface area contributed by atoms with Crippen molar-refractivity contribution in [2.45, 2.75) is 32.1 Å². The first-order chi connectivity index (χ1) is 15.4. The Morgan fingerprint density at radius 2 is 1.97 bits per heavy atom. The molecule has 2 aromatic carbocycles. The molecule has 1 atom stereocenters. The minimum Gasteiger partial charge on any atom is -0.395 e. The second-order valence-electron chi connectivity index (χ2n) is 7.99. The summed E-state index contributed by atoms with van der Waals surface area (Å²) in [5, 5.41) is 14.8. The van der Waals surface area contributed by atoms with Gasteiger partial charge in [0.2, 0.25) is 11.8 Å². The Bertz CT molecular complexity index is 1110. The van der Waals surface area contributed by atoms with E-state index in [4.69, 9.17) is 0 Å². The quantitative estimate of drug-likeness (QED) is 0.670. The number of anilines is 2. The number of carbonyl (C=O) groups excluding carboxylic acids is 3. The van der Waals surface area contributed by atoms with E-state index in [0.29, 0.717) is 35.4 Å². The highest BCUT2D eigenvalue weighted by Gasteiger charge is 2.30. The third-order valence-electron chi connectivity index (χ3n) is 5.89. The minimum absolute atomic E-state index is 0.0678. The lowest BCUT2D eigenvalue weighted by Crippen LogP contribution is -2.37. The molecule has 3 amide bonds. The number of aliphatic hydroxyl groups is 1. The van der Waals surface area contributed by atoms with Gasteiger partial charge in [-0.25, -0.2) is 4.39 Å². The van der Waals surface area contributed by atoms with Gasteiger partial charge in [-0.1, -0.05) is 18.2 Å². The van der Waals surface area contributed by atoms with Crippen molar-refractivity contribution in [3.8, 4) is 0 Å². The Balaban J connectivity index is 1.63. The molecule has 4 rings (SSSR count). The molecule has 0 spiro atoms. The van der Waals surface area contributed by atoms with Crippen molar-refractivity contribution in [1.29, 1.82) is 0 Å². The number of nitrogens with zero attached hydrogens (tertiary/aromatic N) is 1. The second-order valence-corrected chi connectivity index (χ2v) is 7.99. The molecule has 0 radical (unpaired) electrons. The van der Waals surface area contributed by atoms with Crippen LogP contribution < -0.4 is 15.5 Å². The maximum atomic E-state index is 13.4. The fourth-order valence-electron chi connectivity index (χ4n) is 4.22. The van der Waals surface area contributed by atoms with Gasteiger partial charge in [-0.2, -0.15) is 0 Å². The molecule has 0 fully saturated rings. The van der Waals surface area contributed by atoms with E-state index in [1.165, 1.54) is 23.2 Å². The summed E-state index contributed by atoms with van der Waals surface area (Å²) in [4.78, 5) is 39.0. The number of fused-ring (bicyclic) bond motifs is 1. The second kappa shape index (κ2) is 8.92. The number of β-amino-alcohol motifs (C(OH)–C–C–N with tert-alkyl or cyclic N) is 1. The average Bonchev–Trinajstić information content (AvgIpc) is 2.77. The van der Waals surface area contributed by atoms with Crippen LogP contribution in [0.15, 0.2) is 48.2 Å². The summed E-state index contributed by atoms with van der Waals surface area (Å²) in [5.74, 6) is -1.58. The van der Waals surface area contributed by atoms with E-state index in [0.717, 1.165) is 11.1 Å². The van der Waals surface area contributed by atoms with Crippen molar-refractivity contribution in [2.75, 3.05) is 23.4 Å². The van der Waals surface area contributed by atoms with E-state index in [1.807, 2.05) is 13.0 Å². The van der Waals surface area contributed by atoms with Crippen molar-refractivity contribution >= 4 is 29.1 Å². The molecular weight excluding hydrogens is 413 g/mol. The number of rotatable bonds is 5. The number of aliphatic hydroxyl groups excluding tert-OH is 1. The van der Waals surface area contributed by atoms with Crippen molar-refractivity contribution in [3.63, 3.8) is 0 Å². The van der Waals surface area contributed by atoms with Crippen LogP contribution in [0.25, 0.3) is 0 Å². The summed E-state index contributed by atoms with van der Waals surface area (Å²) in [6.07, 6.45) is 2.45. The number of nitrogens with one attached hydrogen (secondary N) is 2. The SMILES string of the molecule is Cc1cc2c(cc1NC(=O)C1=CNC(=O)C[C@H]1c1ccc(F)cc1)N(CCO)C(=O)CC2. The molecule has 166 valence electrons. The molecule has 2 heterocycles. The molecule has 2 aliphatic heterocycles. The Labute approximate surface area is 184 Å². The number of aryl methyl sites for hydroxylation is 2. The summed E-state index contributed by atoms with van der Waals surface area (Å²) in [5.41, 5.74) is 4.08. The number of hydrogen-bond donors (Lipinski definition) is 3. The monoisotopic (exact) mass is 437 g/mol. The minimum atomic E-state index is -0.505. The molecule has 8 heteroatoms. The van der Waals surface area contributed by atoms with Crippen molar-refractivity contribution in [2.24, 2.45) is 0 Å². The van der Waals surface area contributed by atoms with E-state index in [9.17, 15) is 23.9 Å². The number of halogens is 1. The zero-order chi connectivity index (χ0) is 22.8. The van der Waals surface area contributed by atoms with Crippen LogP contribution in [0.5, 0.6) is 0 Å². The van der Waals surface area contributed by atoms with E-state index in [-0.39, 0.29) is 31.4 Å². The zero-order valence-electron chi connectivity index (χ0n) is 17.7. The number of hydrogen-bond acceptors (Lipinski definition) is 4. The van der Waals surface area contributed by atoms with E-state index in [2.05, 4.69) is 10.6 Å². The smallest absolute Gasteiger partial charge is 0.253 e. The largest absolute Gasteiger partial charge is 0.395 e. The van der Waals surface area contributed by atoms with Gasteiger partial charge in [0.05, 0.1) is 6.61 Å². The van der Waals surface area contributed by atoms with Crippen LogP contribution in [0.1, 0.15) is 35.4 Å². The molecule has 0 aromatic heterocycles. The number of benzene rings is 2. The Morgan fingerprint density at radius 3 is 2.69 bits per heavy atom. The van der Waals surface area contributed by atoms with Gasteiger partial charge in [-0.15, -0.1) is 0 Å². The van der Waals surface area contributed by atoms with Crippen LogP contribution >= 0.6 is 0 Å². The lowest BCUT2D eigenvalue weighted by atomic mass is 9.86. The molecule has 2 aromatic rings. The molecule has 0 saturated heterocycles. The molecule has 0 unspecified atom stereocenters. The third kappa shape index (κ3) is 4.27. The molecule has 0 saturated carbocycles. The normalized spacial score (nSPS) is 18.0. The first kappa shape index (κ1) is 21.7. The standard InChI is InChI=1S/C24H24FN3O4/c1-14-10-16-4-7-23(31)28(8-9-29)21(16)12-20(14)27-24(32)19-13-26-22(30)11-18(19)15-2-5-17(25)6-3-15/h2-3,5-6,10,12-13,18,29H,4,7-9,11H2,1H3,(H,26,30)(H,27,32)/t18-/m0/s1. The maximum Gasteiger partial charge on any atom is 0.253 e. The molecular formula is C24H24FN3O4. The molecule has 2 aliphatic rings. The van der Waals surface area contributed by atoms with Crippen LogP contribution in [-0.4, -0.2) is 36.0 Å². The summed E-state index contributed by atoms with van der Waals surface area (Å²) in [7, 11) is 0. The van der Waals surface area contributed by atoms with Gasteiger partial charge >= 0.3 is 0 Å². The Hall–Kier alpha value is -3.52. The maximum absolute atomic E-state index is 13.4. The lowest BCUT2D eigenvalue weighted by molar-refractivity contribution is -0.121. The summed E-state index contributed by atoms with van der Waals surface area (Å²) in [6, 6.07) is 9.44. The van der Waals surface area contributed by atoms with Crippen molar-refractivity contribution in [1.82, 2.24) is 5.32 Å². The van der Waals surface area contributed by atoms with Crippen LogP contribution in [0.2, 0.25) is 0 Å². The van der Waals surface area contributed by atoms with Crippen molar-refractivity contribution in [3.05, 3.63) is 70.7 Å². The first-order valence-corrected chi connectivity index (χ1v) is 10.5. The highest BCUT2D eigenvalue weighted by atomic mass is 19.1. The van der Waals surface area contributed by atoms with Crippen LogP contribution in [0.3, 0.4) is 0 Å². The molecule has 0 bridgehead atoms. The molecule has 3 N–H and O–H groups in total. The third-order valence-corrected chi connectivity index (χ3v) is 5.89. The zero-order valence-corrected chi connectivity index (χ0v) is 17.7. The van der Waals surface area contributed by atoms with Crippen LogP contribution in [0.4, 0.5) is 15.8 Å². The topological polar surface area (TPSA) is 98.7 Å². The molecule has 7 nitrogen and oxygen atoms in total. The summed E-state index contributed by atoms with van der Waals surface area (Å²) in [6.45, 7) is 1.90. The van der Waals surface area contributed by atoms with Gasteiger partial charge in [0, 0.05) is 48.5 Å². The van der Waals surface area contributed by atoms with Gasteiger partial charge in [0.1, 0.15) is 5.82 Å². The fraction of sp³-hybridized carbons (Fsp3) is 0.292. The van der Waals surface area contributed by atoms with Crippen LogP contribution in [0, 0.1) is 12.7 Å². The van der Waals surface area contributed by atoms with Crippen molar-refractivity contribution < 1.29 is 23.9 Å². The number of carbonyl (C=O) groups is 3. The fourth-order valence-corrected chi connectivity index (χ4v) is 4.22. The predicted molar refractivity (Wildman–Crippen MR) is 118 cm³/mol. The average molecular weight is 437 g/mol. The van der Waals surface area contributed by atoms with E-state index < -0.39 is 17.6 Å². The predicted octanol–water partition coefficient (Wildman–Crippen LogP) is 2.53. The summed E-state index contributed by atoms with van der Waals surface area (Å²) >= 11 is 0. The highest BCUT2D eigenvalue weighted by molar-refractivity contribution is 6.07. The van der Waals surface area contributed by atoms with Crippen LogP contribution in [-0.2, 0) is 20.8 Å². The van der Waals surface area contributed by atoms with E-state index >= 15 is 0 Å². The van der Waals surface area contributed by atoms with Gasteiger partial charge in [0.15, 0.2) is 0 Å². The van der Waals surface area contributed by atoms with Gasteiger partial charge in [-0.05, 0) is 48.2 Å². The van der Waals surface area contributed by atoms with Gasteiger partial charge in [-0.3, -0.25) is 14.4 Å². The number of amides is 3. The van der Waals surface area contributed by atoms with Gasteiger partial charge < -0.3 is 20.6 Å². The summed E-state index contributed by atoms with van der Waals surface area (Å²) < 4.78 is 13.4. The van der Waals surface area contributed by atoms with E-state index in [1.54, 1.807) is 18.2 Å². The molecule has 32 heavy (non-hydrogen) atoms. The lowest BCUT2D eigenvalue weighted by Gasteiger charge is -2.30. The Morgan fingerprint density at radius 1 is 1.22 bits per heavy atom. The first-order valence-electron chi connectivity index (χ1n) is 10.5.